The number of carboxylic acid groups (broad SMARTS) is 1. The van der Waals surface area contributed by atoms with Gasteiger partial charge in [0.1, 0.15) is 5.75 Å². The summed E-state index contributed by atoms with van der Waals surface area (Å²) in [6.07, 6.45) is 0.826. The average molecular weight is 356 g/mol. The molecule has 2 rings (SSSR count). The lowest BCUT2D eigenvalue weighted by Gasteiger charge is -2.13. The van der Waals surface area contributed by atoms with E-state index in [1.54, 1.807) is 19.2 Å². The third-order valence-corrected chi connectivity index (χ3v) is 4.20. The van der Waals surface area contributed by atoms with Crippen LogP contribution in [0, 0.1) is 0 Å². The van der Waals surface area contributed by atoms with Crippen LogP contribution in [0.2, 0.25) is 0 Å². The lowest BCUT2D eigenvalue weighted by atomic mass is 9.98. The van der Waals surface area contributed by atoms with Gasteiger partial charge in [-0.3, -0.25) is 0 Å². The molecule has 6 heteroatoms. The SMILES string of the molecule is COc1ccc(C(C)CCNC(=O)NCc2ccc(C(=O)O)cc2)cc1. The summed E-state index contributed by atoms with van der Waals surface area (Å²) >= 11 is 0. The molecule has 0 aromatic heterocycles. The number of carbonyl (C=O) groups is 2. The van der Waals surface area contributed by atoms with Crippen LogP contribution in [0.5, 0.6) is 5.75 Å². The number of carboxylic acids is 1. The molecule has 2 aromatic rings. The molecule has 6 nitrogen and oxygen atoms in total. The molecule has 0 saturated carbocycles. The number of rotatable bonds is 8. The summed E-state index contributed by atoms with van der Waals surface area (Å²) in [6, 6.07) is 14.1. The van der Waals surface area contributed by atoms with Gasteiger partial charge in [-0.25, -0.2) is 9.59 Å². The molecule has 2 amide bonds. The lowest BCUT2D eigenvalue weighted by Crippen LogP contribution is -2.35. The molecule has 1 atom stereocenters. The Balaban J connectivity index is 1.70. The highest BCUT2D eigenvalue weighted by atomic mass is 16.5. The molecule has 0 saturated heterocycles. The van der Waals surface area contributed by atoms with Crippen LogP contribution in [0.25, 0.3) is 0 Å². The third kappa shape index (κ3) is 5.81. The summed E-state index contributed by atoms with van der Waals surface area (Å²) in [7, 11) is 1.64. The van der Waals surface area contributed by atoms with Crippen molar-refractivity contribution >= 4 is 12.0 Å². The van der Waals surface area contributed by atoms with Crippen LogP contribution in [0.4, 0.5) is 4.79 Å². The van der Waals surface area contributed by atoms with E-state index >= 15 is 0 Å². The third-order valence-electron chi connectivity index (χ3n) is 4.20. The Morgan fingerprint density at radius 1 is 1.04 bits per heavy atom. The molecule has 0 heterocycles. The molecule has 0 radical (unpaired) electrons. The van der Waals surface area contributed by atoms with Gasteiger partial charge in [0.25, 0.3) is 0 Å². The highest BCUT2D eigenvalue weighted by molar-refractivity contribution is 5.87. The Labute approximate surface area is 153 Å². The first-order valence-corrected chi connectivity index (χ1v) is 8.47. The fourth-order valence-corrected chi connectivity index (χ4v) is 2.51. The molecule has 138 valence electrons. The molecule has 3 N–H and O–H groups in total. The first-order valence-electron chi connectivity index (χ1n) is 8.47. The molecule has 2 aromatic carbocycles. The van der Waals surface area contributed by atoms with E-state index in [2.05, 4.69) is 17.6 Å². The summed E-state index contributed by atoms with van der Waals surface area (Å²) in [5.41, 5.74) is 2.27. The van der Waals surface area contributed by atoms with Crippen molar-refractivity contribution < 1.29 is 19.4 Å². The Morgan fingerprint density at radius 2 is 1.69 bits per heavy atom. The highest BCUT2D eigenvalue weighted by Crippen LogP contribution is 2.21. The van der Waals surface area contributed by atoms with Gasteiger partial charge in [-0.15, -0.1) is 0 Å². The number of methoxy groups -OCH3 is 1. The van der Waals surface area contributed by atoms with Gasteiger partial charge < -0.3 is 20.5 Å². The second-order valence-electron chi connectivity index (χ2n) is 6.07. The lowest BCUT2D eigenvalue weighted by molar-refractivity contribution is 0.0697. The zero-order valence-corrected chi connectivity index (χ0v) is 15.0. The van der Waals surface area contributed by atoms with Crippen molar-refractivity contribution in [1.29, 1.82) is 0 Å². The number of hydrogen-bond donors (Lipinski definition) is 3. The van der Waals surface area contributed by atoms with Crippen molar-refractivity contribution in [3.8, 4) is 5.75 Å². The number of nitrogens with one attached hydrogen (secondary N) is 2. The number of benzene rings is 2. The molecule has 0 aliphatic rings. The van der Waals surface area contributed by atoms with Crippen molar-refractivity contribution in [3.63, 3.8) is 0 Å². The predicted molar refractivity (Wildman–Crippen MR) is 99.7 cm³/mol. The van der Waals surface area contributed by atoms with Gasteiger partial charge in [0.05, 0.1) is 12.7 Å². The number of urea groups is 1. The fourth-order valence-electron chi connectivity index (χ4n) is 2.51. The number of hydrogen-bond acceptors (Lipinski definition) is 3. The Hall–Kier alpha value is -3.02. The van der Waals surface area contributed by atoms with E-state index < -0.39 is 5.97 Å². The van der Waals surface area contributed by atoms with E-state index in [0.29, 0.717) is 19.0 Å². The maximum absolute atomic E-state index is 11.9. The minimum absolute atomic E-state index is 0.228. The Bertz CT molecular complexity index is 726. The maximum atomic E-state index is 11.9. The van der Waals surface area contributed by atoms with E-state index in [1.165, 1.54) is 17.7 Å². The van der Waals surface area contributed by atoms with Crippen LogP contribution >= 0.6 is 0 Å². The molecular weight excluding hydrogens is 332 g/mol. The molecule has 26 heavy (non-hydrogen) atoms. The zero-order valence-electron chi connectivity index (χ0n) is 15.0. The second kappa shape index (κ2) is 9.46. The normalized spacial score (nSPS) is 11.5. The van der Waals surface area contributed by atoms with Gasteiger partial charge in [0, 0.05) is 13.1 Å². The summed E-state index contributed by atoms with van der Waals surface area (Å²) in [5, 5.41) is 14.5. The molecular formula is C20H24N2O4. The van der Waals surface area contributed by atoms with E-state index in [1.807, 2.05) is 24.3 Å². The number of carbonyl (C=O) groups excluding carboxylic acids is 1. The minimum atomic E-state index is -0.965. The molecule has 0 aliphatic carbocycles. The highest BCUT2D eigenvalue weighted by Gasteiger charge is 2.07. The molecule has 0 bridgehead atoms. The van der Waals surface area contributed by atoms with Crippen molar-refractivity contribution in [2.45, 2.75) is 25.8 Å². The van der Waals surface area contributed by atoms with Crippen LogP contribution in [-0.4, -0.2) is 30.8 Å². The van der Waals surface area contributed by atoms with Gasteiger partial charge in [-0.2, -0.15) is 0 Å². The summed E-state index contributed by atoms with van der Waals surface area (Å²) in [6.45, 7) is 3.03. The monoisotopic (exact) mass is 356 g/mol. The second-order valence-corrected chi connectivity index (χ2v) is 6.07. The zero-order chi connectivity index (χ0) is 18.9. The quantitative estimate of drug-likeness (QED) is 0.676. The Morgan fingerprint density at radius 3 is 2.27 bits per heavy atom. The fraction of sp³-hybridized carbons (Fsp3) is 0.300. The smallest absolute Gasteiger partial charge is 0.335 e. The number of aromatic carboxylic acids is 1. The summed E-state index contributed by atoms with van der Waals surface area (Å²) in [4.78, 5) is 22.7. The molecule has 0 fully saturated rings. The first kappa shape index (κ1) is 19.3. The van der Waals surface area contributed by atoms with Crippen LogP contribution in [0.3, 0.4) is 0 Å². The number of amides is 2. The van der Waals surface area contributed by atoms with Crippen molar-refractivity contribution in [1.82, 2.24) is 10.6 Å². The van der Waals surface area contributed by atoms with Gasteiger partial charge in [-0.05, 0) is 47.7 Å². The van der Waals surface area contributed by atoms with Crippen molar-refractivity contribution in [2.24, 2.45) is 0 Å². The van der Waals surface area contributed by atoms with Gasteiger partial charge in [-0.1, -0.05) is 31.2 Å². The van der Waals surface area contributed by atoms with Gasteiger partial charge >= 0.3 is 12.0 Å². The predicted octanol–water partition coefficient (Wildman–Crippen LogP) is 3.39. The summed E-state index contributed by atoms with van der Waals surface area (Å²) < 4.78 is 5.15. The van der Waals surface area contributed by atoms with Gasteiger partial charge in [0.2, 0.25) is 0 Å². The summed E-state index contributed by atoms with van der Waals surface area (Å²) in [5.74, 6) is 0.188. The minimum Gasteiger partial charge on any atom is -0.497 e. The molecule has 1 unspecified atom stereocenters. The van der Waals surface area contributed by atoms with E-state index in [9.17, 15) is 9.59 Å². The van der Waals surface area contributed by atoms with E-state index in [-0.39, 0.29) is 11.6 Å². The molecule has 0 aliphatic heterocycles. The first-order chi connectivity index (χ1) is 12.5. The number of ether oxygens (including phenoxy) is 1. The van der Waals surface area contributed by atoms with Gasteiger partial charge in [0.15, 0.2) is 0 Å². The Kier molecular flexibility index (Phi) is 7.02. The van der Waals surface area contributed by atoms with E-state index in [0.717, 1.165) is 17.7 Å². The van der Waals surface area contributed by atoms with Crippen LogP contribution < -0.4 is 15.4 Å². The largest absolute Gasteiger partial charge is 0.497 e. The topological polar surface area (TPSA) is 87.7 Å². The average Bonchev–Trinajstić information content (AvgIpc) is 2.66. The maximum Gasteiger partial charge on any atom is 0.335 e. The van der Waals surface area contributed by atoms with Crippen LogP contribution in [0.15, 0.2) is 48.5 Å². The van der Waals surface area contributed by atoms with Crippen molar-refractivity contribution in [2.75, 3.05) is 13.7 Å². The molecule has 0 spiro atoms. The van der Waals surface area contributed by atoms with Crippen molar-refractivity contribution in [3.05, 3.63) is 65.2 Å². The van der Waals surface area contributed by atoms with Crippen LogP contribution in [-0.2, 0) is 6.54 Å². The van der Waals surface area contributed by atoms with Crippen LogP contribution in [0.1, 0.15) is 40.7 Å². The van der Waals surface area contributed by atoms with E-state index in [4.69, 9.17) is 9.84 Å². The standard InChI is InChI=1S/C20H24N2O4/c1-14(16-7-9-18(26-2)10-8-16)11-12-21-20(25)22-13-15-3-5-17(6-4-15)19(23)24/h3-10,14H,11-13H2,1-2H3,(H,23,24)(H2,21,22,25).